The maximum atomic E-state index is 12.6. The fourth-order valence-corrected chi connectivity index (χ4v) is 2.61. The number of nitrogens with one attached hydrogen (secondary N) is 1. The van der Waals surface area contributed by atoms with Gasteiger partial charge in [-0.15, -0.1) is 0 Å². The summed E-state index contributed by atoms with van der Waals surface area (Å²) < 4.78 is 13.9. The summed E-state index contributed by atoms with van der Waals surface area (Å²) in [6.07, 6.45) is -0.478. The van der Waals surface area contributed by atoms with Gasteiger partial charge in [0.15, 0.2) is 0 Å². The predicted molar refractivity (Wildman–Crippen MR) is 97.2 cm³/mol. The number of carbonyl (C=O) groups excluding carboxylic acids is 4. The highest BCUT2D eigenvalue weighted by Crippen LogP contribution is 2.16. The number of methoxy groups -OCH3 is 3. The van der Waals surface area contributed by atoms with Gasteiger partial charge in [0.25, 0.3) is 5.91 Å². The molecule has 1 aromatic carbocycles. The SMILES string of the molecule is COC(=O)C[C@@H](C(=O)OC)[C@@H](NC(=O)c1ccc2ccccc2n1)C(=O)OC. The van der Waals surface area contributed by atoms with Gasteiger partial charge in [0.05, 0.1) is 39.2 Å². The van der Waals surface area contributed by atoms with Crippen molar-refractivity contribution in [2.45, 2.75) is 12.5 Å². The van der Waals surface area contributed by atoms with E-state index in [9.17, 15) is 19.2 Å². The van der Waals surface area contributed by atoms with Crippen LogP contribution in [0.5, 0.6) is 0 Å². The van der Waals surface area contributed by atoms with Crippen molar-refractivity contribution >= 4 is 34.7 Å². The molecule has 0 spiro atoms. The lowest BCUT2D eigenvalue weighted by Crippen LogP contribution is -2.50. The number of nitrogens with zero attached hydrogens (tertiary/aromatic N) is 1. The number of fused-ring (bicyclic) bond motifs is 1. The van der Waals surface area contributed by atoms with E-state index in [-0.39, 0.29) is 5.69 Å². The molecule has 1 aromatic heterocycles. The number of esters is 3. The van der Waals surface area contributed by atoms with Crippen LogP contribution in [-0.2, 0) is 28.6 Å². The van der Waals surface area contributed by atoms with Gasteiger partial charge < -0.3 is 19.5 Å². The molecule has 1 heterocycles. The topological polar surface area (TPSA) is 121 Å². The van der Waals surface area contributed by atoms with Gasteiger partial charge in [-0.1, -0.05) is 24.3 Å². The van der Waals surface area contributed by atoms with E-state index in [0.717, 1.165) is 26.7 Å². The molecule has 0 aliphatic rings. The normalized spacial score (nSPS) is 12.5. The van der Waals surface area contributed by atoms with Crippen LogP contribution in [0.2, 0.25) is 0 Å². The van der Waals surface area contributed by atoms with E-state index in [1.165, 1.54) is 6.07 Å². The Balaban J connectivity index is 2.32. The number of hydrogen-bond donors (Lipinski definition) is 1. The van der Waals surface area contributed by atoms with Crippen LogP contribution in [0.1, 0.15) is 16.9 Å². The zero-order chi connectivity index (χ0) is 20.7. The third kappa shape index (κ3) is 4.81. The minimum Gasteiger partial charge on any atom is -0.469 e. The molecule has 2 rings (SSSR count). The van der Waals surface area contributed by atoms with E-state index in [1.54, 1.807) is 18.2 Å². The van der Waals surface area contributed by atoms with Crippen molar-refractivity contribution in [1.29, 1.82) is 0 Å². The van der Waals surface area contributed by atoms with Gasteiger partial charge in [-0.2, -0.15) is 0 Å². The minimum atomic E-state index is -1.46. The third-order valence-corrected chi connectivity index (χ3v) is 4.09. The van der Waals surface area contributed by atoms with E-state index in [1.807, 2.05) is 12.1 Å². The first-order valence-corrected chi connectivity index (χ1v) is 8.30. The number of ether oxygens (including phenoxy) is 3. The monoisotopic (exact) mass is 388 g/mol. The molecule has 0 unspecified atom stereocenters. The molecule has 9 heteroatoms. The number of amides is 1. The third-order valence-electron chi connectivity index (χ3n) is 4.09. The van der Waals surface area contributed by atoms with Gasteiger partial charge >= 0.3 is 17.9 Å². The molecule has 148 valence electrons. The quantitative estimate of drug-likeness (QED) is 0.548. The fourth-order valence-electron chi connectivity index (χ4n) is 2.61. The van der Waals surface area contributed by atoms with E-state index >= 15 is 0 Å². The maximum Gasteiger partial charge on any atom is 0.329 e. The molecule has 0 fully saturated rings. The summed E-state index contributed by atoms with van der Waals surface area (Å²) in [5, 5.41) is 3.24. The van der Waals surface area contributed by atoms with Crippen LogP contribution in [0.25, 0.3) is 10.9 Å². The summed E-state index contributed by atoms with van der Waals surface area (Å²) in [6, 6.07) is 8.92. The smallest absolute Gasteiger partial charge is 0.329 e. The zero-order valence-corrected chi connectivity index (χ0v) is 15.6. The number of carbonyl (C=O) groups is 4. The second-order valence-electron chi connectivity index (χ2n) is 5.77. The van der Waals surface area contributed by atoms with Crippen molar-refractivity contribution in [2.75, 3.05) is 21.3 Å². The van der Waals surface area contributed by atoms with E-state index < -0.39 is 42.2 Å². The van der Waals surface area contributed by atoms with Gasteiger partial charge in [0.2, 0.25) is 0 Å². The van der Waals surface area contributed by atoms with Crippen molar-refractivity contribution in [1.82, 2.24) is 10.3 Å². The summed E-state index contributed by atoms with van der Waals surface area (Å²) in [5.41, 5.74) is 0.623. The van der Waals surface area contributed by atoms with Gasteiger partial charge in [-0.05, 0) is 12.1 Å². The molecule has 2 aromatic rings. The number of para-hydroxylation sites is 1. The van der Waals surface area contributed by atoms with Crippen molar-refractivity contribution in [2.24, 2.45) is 5.92 Å². The van der Waals surface area contributed by atoms with Gasteiger partial charge in [0.1, 0.15) is 11.7 Å². The maximum absolute atomic E-state index is 12.6. The molecule has 1 N–H and O–H groups in total. The largest absolute Gasteiger partial charge is 0.469 e. The van der Waals surface area contributed by atoms with Gasteiger partial charge in [0, 0.05) is 5.39 Å². The Labute approximate surface area is 161 Å². The number of hydrogen-bond acceptors (Lipinski definition) is 8. The number of aromatic nitrogens is 1. The second-order valence-corrected chi connectivity index (χ2v) is 5.77. The average Bonchev–Trinajstić information content (AvgIpc) is 2.74. The highest BCUT2D eigenvalue weighted by atomic mass is 16.5. The Kier molecular flexibility index (Phi) is 7.02. The van der Waals surface area contributed by atoms with Crippen LogP contribution < -0.4 is 5.32 Å². The first-order valence-electron chi connectivity index (χ1n) is 8.30. The van der Waals surface area contributed by atoms with Crippen molar-refractivity contribution < 1.29 is 33.4 Å². The molecule has 28 heavy (non-hydrogen) atoms. The molecule has 0 bridgehead atoms. The predicted octanol–water partition coefficient (Wildman–Crippen LogP) is 0.858. The van der Waals surface area contributed by atoms with Crippen LogP contribution in [0.4, 0.5) is 0 Å². The molecular formula is C19H20N2O7. The standard InChI is InChI=1S/C19H20N2O7/c1-26-15(22)10-12(18(24)27-2)16(19(25)28-3)21-17(23)14-9-8-11-6-4-5-7-13(11)20-14/h4-9,12,16H,10H2,1-3H3,(H,21,23)/t12-,16-/m1/s1. The fraction of sp³-hybridized carbons (Fsp3) is 0.316. The summed E-state index contributed by atoms with van der Waals surface area (Å²) in [4.78, 5) is 52.9. The van der Waals surface area contributed by atoms with E-state index in [4.69, 9.17) is 0 Å². The number of benzene rings is 1. The lowest BCUT2D eigenvalue weighted by atomic mass is 9.95. The second kappa shape index (κ2) is 9.45. The van der Waals surface area contributed by atoms with Crippen molar-refractivity contribution in [3.05, 3.63) is 42.1 Å². The van der Waals surface area contributed by atoms with E-state index in [2.05, 4.69) is 24.5 Å². The highest BCUT2D eigenvalue weighted by molar-refractivity contribution is 5.98. The summed E-state index contributed by atoms with van der Waals surface area (Å²) >= 11 is 0. The molecule has 0 aliphatic carbocycles. The van der Waals surface area contributed by atoms with Crippen LogP contribution in [-0.4, -0.2) is 56.2 Å². The minimum absolute atomic E-state index is 0.0364. The average molecular weight is 388 g/mol. The first kappa shape index (κ1) is 20.8. The van der Waals surface area contributed by atoms with Gasteiger partial charge in [-0.25, -0.2) is 9.78 Å². The Morgan fingerprint density at radius 3 is 2.25 bits per heavy atom. The van der Waals surface area contributed by atoms with Crippen LogP contribution >= 0.6 is 0 Å². The molecule has 0 saturated carbocycles. The highest BCUT2D eigenvalue weighted by Gasteiger charge is 2.39. The number of pyridine rings is 1. The van der Waals surface area contributed by atoms with Crippen LogP contribution in [0.3, 0.4) is 0 Å². The van der Waals surface area contributed by atoms with Crippen LogP contribution in [0, 0.1) is 5.92 Å². The Morgan fingerprint density at radius 2 is 1.61 bits per heavy atom. The molecular weight excluding hydrogens is 368 g/mol. The Hall–Kier alpha value is -3.49. The van der Waals surface area contributed by atoms with E-state index in [0.29, 0.717) is 5.52 Å². The van der Waals surface area contributed by atoms with Crippen LogP contribution in [0.15, 0.2) is 36.4 Å². The molecule has 9 nitrogen and oxygen atoms in total. The molecule has 0 radical (unpaired) electrons. The van der Waals surface area contributed by atoms with Crippen molar-refractivity contribution in [3.8, 4) is 0 Å². The first-order chi connectivity index (χ1) is 13.4. The molecule has 2 atom stereocenters. The summed E-state index contributed by atoms with van der Waals surface area (Å²) in [6.45, 7) is 0. The lowest BCUT2D eigenvalue weighted by Gasteiger charge is -2.23. The zero-order valence-electron chi connectivity index (χ0n) is 15.6. The summed E-state index contributed by atoms with van der Waals surface area (Å²) in [7, 11) is 3.34. The Morgan fingerprint density at radius 1 is 0.929 bits per heavy atom. The number of rotatable bonds is 7. The van der Waals surface area contributed by atoms with Crippen molar-refractivity contribution in [3.63, 3.8) is 0 Å². The summed E-state index contributed by atoms with van der Waals surface area (Å²) in [5.74, 6) is -4.56. The Bertz CT molecular complexity index is 897. The molecule has 0 saturated heterocycles. The molecule has 1 amide bonds. The lowest BCUT2D eigenvalue weighted by molar-refractivity contribution is -0.158. The molecule has 0 aliphatic heterocycles. The van der Waals surface area contributed by atoms with Gasteiger partial charge in [-0.3, -0.25) is 14.4 Å².